The second kappa shape index (κ2) is 8.01. The zero-order valence-corrected chi connectivity index (χ0v) is 19.4. The van der Waals surface area contributed by atoms with Crippen molar-refractivity contribution < 1.29 is 0 Å². The van der Waals surface area contributed by atoms with Gasteiger partial charge in [0.1, 0.15) is 5.52 Å². The molecule has 164 valence electrons. The van der Waals surface area contributed by atoms with Crippen molar-refractivity contribution >= 4 is 35.3 Å². The van der Waals surface area contributed by atoms with Gasteiger partial charge in [0.15, 0.2) is 5.82 Å². The Bertz CT molecular complexity index is 1270. The number of nitrogens with zero attached hydrogens (tertiary/aromatic N) is 6. The highest BCUT2D eigenvalue weighted by molar-refractivity contribution is 6.33. The summed E-state index contributed by atoms with van der Waals surface area (Å²) in [6.07, 6.45) is 12.0. The molecule has 1 saturated heterocycles. The Hall–Kier alpha value is -2.70. The maximum absolute atomic E-state index is 6.54. The molecule has 4 aromatic heterocycles. The van der Waals surface area contributed by atoms with Crippen molar-refractivity contribution in [1.29, 1.82) is 0 Å². The van der Waals surface area contributed by atoms with Gasteiger partial charge < -0.3 is 4.90 Å². The van der Waals surface area contributed by atoms with Crippen molar-refractivity contribution in [2.24, 2.45) is 5.41 Å². The number of aryl methyl sites for hydroxylation is 1. The number of hydrogen-bond acceptors (Lipinski definition) is 5. The number of fused-ring (bicyclic) bond motifs is 2. The SMILES string of the molecule is Cc1nccc(-c2cnc(N3CCC4(CC3)Cc3cccnc3C4)c3ccnn23)c1Cl.Cl. The quantitative estimate of drug-likeness (QED) is 0.417. The molecule has 6 nitrogen and oxygen atoms in total. The smallest absolute Gasteiger partial charge is 0.154 e. The number of anilines is 1. The van der Waals surface area contributed by atoms with Crippen LogP contribution in [0.4, 0.5) is 5.82 Å². The van der Waals surface area contributed by atoms with Crippen LogP contribution in [0.5, 0.6) is 0 Å². The van der Waals surface area contributed by atoms with Crippen molar-refractivity contribution in [2.75, 3.05) is 18.0 Å². The van der Waals surface area contributed by atoms with E-state index in [-0.39, 0.29) is 12.4 Å². The first-order valence-electron chi connectivity index (χ1n) is 10.8. The molecule has 5 heterocycles. The summed E-state index contributed by atoms with van der Waals surface area (Å²) >= 11 is 6.54. The van der Waals surface area contributed by atoms with Gasteiger partial charge >= 0.3 is 0 Å². The third kappa shape index (κ3) is 3.33. The van der Waals surface area contributed by atoms with Gasteiger partial charge in [-0.3, -0.25) is 9.97 Å². The predicted molar refractivity (Wildman–Crippen MR) is 129 cm³/mol. The maximum atomic E-state index is 6.54. The molecule has 0 saturated carbocycles. The Morgan fingerprint density at radius 1 is 0.969 bits per heavy atom. The Kier molecular flexibility index (Phi) is 5.30. The zero-order valence-electron chi connectivity index (χ0n) is 17.8. The molecule has 1 aliphatic heterocycles. The van der Waals surface area contributed by atoms with Gasteiger partial charge in [-0.2, -0.15) is 5.10 Å². The fourth-order valence-corrected chi connectivity index (χ4v) is 5.45. The lowest BCUT2D eigenvalue weighted by atomic mass is 9.76. The number of aromatic nitrogens is 5. The lowest BCUT2D eigenvalue weighted by Gasteiger charge is -2.40. The number of pyridine rings is 2. The number of halogens is 2. The molecular formula is C24H24Cl2N6. The molecule has 0 unspecified atom stereocenters. The van der Waals surface area contributed by atoms with Crippen LogP contribution >= 0.6 is 24.0 Å². The minimum absolute atomic E-state index is 0. The van der Waals surface area contributed by atoms with Crippen LogP contribution < -0.4 is 4.90 Å². The molecule has 1 aliphatic carbocycles. The Labute approximate surface area is 198 Å². The topological polar surface area (TPSA) is 59.2 Å². The highest BCUT2D eigenvalue weighted by atomic mass is 35.5. The van der Waals surface area contributed by atoms with Gasteiger partial charge in [0.05, 0.1) is 28.8 Å². The lowest BCUT2D eigenvalue weighted by Crippen LogP contribution is -2.41. The molecular weight excluding hydrogens is 443 g/mol. The summed E-state index contributed by atoms with van der Waals surface area (Å²) in [5.74, 6) is 0.992. The molecule has 0 amide bonds. The number of hydrogen-bond donors (Lipinski definition) is 0. The predicted octanol–water partition coefficient (Wildman–Crippen LogP) is 4.96. The van der Waals surface area contributed by atoms with Crippen LogP contribution in [0.15, 0.2) is 49.1 Å². The monoisotopic (exact) mass is 466 g/mol. The van der Waals surface area contributed by atoms with Crippen LogP contribution in [0.3, 0.4) is 0 Å². The van der Waals surface area contributed by atoms with E-state index in [1.807, 2.05) is 42.2 Å². The molecule has 1 spiro atoms. The van der Waals surface area contributed by atoms with E-state index in [4.69, 9.17) is 16.6 Å². The highest BCUT2D eigenvalue weighted by Crippen LogP contribution is 2.44. The average Bonchev–Trinajstić information content (AvgIpc) is 3.41. The first-order valence-corrected chi connectivity index (χ1v) is 11.1. The highest BCUT2D eigenvalue weighted by Gasteiger charge is 2.40. The van der Waals surface area contributed by atoms with Crippen molar-refractivity contribution in [3.05, 3.63) is 71.0 Å². The van der Waals surface area contributed by atoms with E-state index in [1.54, 1.807) is 6.20 Å². The minimum Gasteiger partial charge on any atom is -0.355 e. The second-order valence-electron chi connectivity index (χ2n) is 8.80. The van der Waals surface area contributed by atoms with Crippen molar-refractivity contribution in [3.63, 3.8) is 0 Å². The van der Waals surface area contributed by atoms with Gasteiger partial charge in [0.2, 0.25) is 0 Å². The maximum Gasteiger partial charge on any atom is 0.154 e. The fourth-order valence-electron chi connectivity index (χ4n) is 5.24. The van der Waals surface area contributed by atoms with Gasteiger partial charge in [-0.25, -0.2) is 9.50 Å². The zero-order chi connectivity index (χ0) is 21.0. The van der Waals surface area contributed by atoms with Gasteiger partial charge in [-0.05, 0) is 61.8 Å². The minimum atomic E-state index is 0. The molecule has 8 heteroatoms. The van der Waals surface area contributed by atoms with Crippen LogP contribution in [0.25, 0.3) is 16.8 Å². The molecule has 1 fully saturated rings. The third-order valence-electron chi connectivity index (χ3n) is 6.96. The largest absolute Gasteiger partial charge is 0.355 e. The standard InChI is InChI=1S/C24H23ClN6.ClH/c1-16-22(25)18(4-9-26-16)21-15-28-23(20-5-10-29-31(20)21)30-11-6-24(7-12-30)13-17-3-2-8-27-19(17)14-24;/h2-5,8-10,15H,6-7,11-14H2,1H3;1H. The first kappa shape index (κ1) is 21.2. The van der Waals surface area contributed by atoms with E-state index < -0.39 is 0 Å². The summed E-state index contributed by atoms with van der Waals surface area (Å²) in [6.45, 7) is 3.90. The normalized spacial score (nSPS) is 16.9. The van der Waals surface area contributed by atoms with Gasteiger partial charge in [-0.1, -0.05) is 17.7 Å². The van der Waals surface area contributed by atoms with Crippen molar-refractivity contribution in [3.8, 4) is 11.3 Å². The lowest BCUT2D eigenvalue weighted by molar-refractivity contribution is 0.231. The molecule has 0 aromatic carbocycles. The van der Waals surface area contributed by atoms with E-state index in [9.17, 15) is 0 Å². The van der Waals surface area contributed by atoms with Gasteiger partial charge in [0.25, 0.3) is 0 Å². The number of rotatable bonds is 2. The summed E-state index contributed by atoms with van der Waals surface area (Å²) in [5, 5.41) is 5.22. The summed E-state index contributed by atoms with van der Waals surface area (Å²) < 4.78 is 1.95. The molecule has 0 radical (unpaired) electrons. The number of piperidine rings is 1. The second-order valence-corrected chi connectivity index (χ2v) is 9.18. The van der Waals surface area contributed by atoms with Crippen LogP contribution in [-0.2, 0) is 12.8 Å². The summed E-state index contributed by atoms with van der Waals surface area (Å²) in [5.41, 5.74) is 6.67. The first-order chi connectivity index (χ1) is 15.1. The van der Waals surface area contributed by atoms with Crippen LogP contribution in [0.1, 0.15) is 29.8 Å². The van der Waals surface area contributed by atoms with E-state index >= 15 is 0 Å². The summed E-state index contributed by atoms with van der Waals surface area (Å²) in [4.78, 5) is 16.2. The Morgan fingerprint density at radius 2 is 1.81 bits per heavy atom. The van der Waals surface area contributed by atoms with Crippen LogP contribution in [0, 0.1) is 12.3 Å². The summed E-state index contributed by atoms with van der Waals surface area (Å²) in [7, 11) is 0. The fraction of sp³-hybridized carbons (Fsp3) is 0.333. The van der Waals surface area contributed by atoms with Crippen molar-refractivity contribution in [2.45, 2.75) is 32.6 Å². The Balaban J connectivity index is 0.00000216. The van der Waals surface area contributed by atoms with E-state index in [1.165, 1.54) is 11.3 Å². The average molecular weight is 467 g/mol. The molecule has 0 N–H and O–H groups in total. The Morgan fingerprint density at radius 3 is 2.62 bits per heavy atom. The molecule has 4 aromatic rings. The van der Waals surface area contributed by atoms with Gasteiger partial charge in [0, 0.05) is 36.7 Å². The van der Waals surface area contributed by atoms with Crippen molar-refractivity contribution in [1.82, 2.24) is 24.6 Å². The molecule has 0 atom stereocenters. The van der Waals surface area contributed by atoms with Crippen LogP contribution in [0.2, 0.25) is 5.02 Å². The van der Waals surface area contributed by atoms with E-state index in [2.05, 4.69) is 32.1 Å². The third-order valence-corrected chi connectivity index (χ3v) is 7.44. The molecule has 6 rings (SSSR count). The summed E-state index contributed by atoms with van der Waals surface area (Å²) in [6, 6.07) is 8.26. The van der Waals surface area contributed by atoms with E-state index in [0.29, 0.717) is 10.4 Å². The van der Waals surface area contributed by atoms with Gasteiger partial charge in [-0.15, -0.1) is 12.4 Å². The molecule has 2 aliphatic rings. The molecule has 32 heavy (non-hydrogen) atoms. The van der Waals surface area contributed by atoms with E-state index in [0.717, 1.165) is 67.1 Å². The molecule has 0 bridgehead atoms. The van der Waals surface area contributed by atoms with Crippen LogP contribution in [-0.4, -0.2) is 37.7 Å².